The Morgan fingerprint density at radius 2 is 1.75 bits per heavy atom. The number of hydrogen-bond acceptors (Lipinski definition) is 3. The van der Waals surface area contributed by atoms with Gasteiger partial charge in [0.15, 0.2) is 0 Å². The number of nitrogens with zero attached hydrogens (tertiary/aromatic N) is 3. The van der Waals surface area contributed by atoms with E-state index in [1.165, 1.54) is 4.57 Å². The number of fused-ring (bicyclic) bond motifs is 1. The van der Waals surface area contributed by atoms with Gasteiger partial charge in [0, 0.05) is 10.9 Å². The Morgan fingerprint density at radius 3 is 2.50 bits per heavy atom. The van der Waals surface area contributed by atoms with Crippen LogP contribution in [0.15, 0.2) is 59.4 Å². The Balaban J connectivity index is 2.39. The van der Waals surface area contributed by atoms with Crippen LogP contribution in [0.4, 0.5) is 0 Å². The molecule has 0 bridgehead atoms. The topological polar surface area (TPSA) is 58.7 Å². The number of para-hydroxylation sites is 1. The fourth-order valence-corrected chi connectivity index (χ4v) is 2.27. The Morgan fingerprint density at radius 1 is 1.05 bits per heavy atom. The molecule has 0 fully saturated rings. The van der Waals surface area contributed by atoms with Gasteiger partial charge in [-0.15, -0.1) is 0 Å². The first-order chi connectivity index (χ1) is 9.81. The van der Waals surface area contributed by atoms with Crippen molar-refractivity contribution in [2.75, 3.05) is 0 Å². The summed E-state index contributed by atoms with van der Waals surface area (Å²) >= 11 is 0. The van der Waals surface area contributed by atoms with Crippen LogP contribution >= 0.6 is 0 Å². The van der Waals surface area contributed by atoms with Crippen LogP contribution in [-0.2, 0) is 6.54 Å². The van der Waals surface area contributed by atoms with Crippen molar-refractivity contribution in [3.63, 3.8) is 0 Å². The maximum Gasteiger partial charge on any atom is 0.349 e. The van der Waals surface area contributed by atoms with E-state index in [-0.39, 0.29) is 6.54 Å². The predicted molar refractivity (Wildman–Crippen MR) is 77.1 cm³/mol. The number of benzene rings is 2. The second-order valence-corrected chi connectivity index (χ2v) is 4.37. The molecular weight excluding hydrogens is 250 g/mol. The normalized spacial score (nSPS) is 10.3. The van der Waals surface area contributed by atoms with Crippen molar-refractivity contribution in [1.82, 2.24) is 9.55 Å². The molecule has 0 aliphatic rings. The van der Waals surface area contributed by atoms with E-state index in [2.05, 4.69) is 4.98 Å². The fourth-order valence-electron chi connectivity index (χ4n) is 2.27. The lowest BCUT2D eigenvalue weighted by atomic mass is 10.1. The molecule has 3 rings (SSSR count). The predicted octanol–water partition coefficient (Wildman–Crippen LogP) is 2.59. The van der Waals surface area contributed by atoms with E-state index >= 15 is 0 Å². The Bertz CT molecular complexity index is 860. The summed E-state index contributed by atoms with van der Waals surface area (Å²) in [5.41, 5.74) is 1.88. The third-order valence-electron chi connectivity index (χ3n) is 3.16. The molecule has 20 heavy (non-hydrogen) atoms. The molecular formula is C16H11N3O. The molecule has 0 saturated heterocycles. The quantitative estimate of drug-likeness (QED) is 0.712. The van der Waals surface area contributed by atoms with Gasteiger partial charge in [0.25, 0.3) is 0 Å². The summed E-state index contributed by atoms with van der Waals surface area (Å²) in [6.45, 7) is 0.00141. The molecule has 0 aliphatic carbocycles. The summed E-state index contributed by atoms with van der Waals surface area (Å²) in [5.74, 6) is 0. The number of aromatic nitrogens is 2. The molecule has 0 unspecified atom stereocenters. The maximum absolute atomic E-state index is 12.1. The van der Waals surface area contributed by atoms with Crippen molar-refractivity contribution in [2.24, 2.45) is 0 Å². The van der Waals surface area contributed by atoms with Crippen molar-refractivity contribution in [3.05, 3.63) is 65.1 Å². The van der Waals surface area contributed by atoms with Gasteiger partial charge in [-0.1, -0.05) is 48.5 Å². The van der Waals surface area contributed by atoms with Gasteiger partial charge in [0.2, 0.25) is 0 Å². The fraction of sp³-hybridized carbons (Fsp3) is 0.0625. The molecule has 3 aromatic rings. The Labute approximate surface area is 115 Å². The molecule has 0 aliphatic heterocycles. The molecule has 0 spiro atoms. The van der Waals surface area contributed by atoms with E-state index in [0.29, 0.717) is 5.69 Å². The van der Waals surface area contributed by atoms with Gasteiger partial charge < -0.3 is 0 Å². The summed E-state index contributed by atoms with van der Waals surface area (Å²) < 4.78 is 1.39. The molecule has 0 amide bonds. The van der Waals surface area contributed by atoms with E-state index in [1.807, 2.05) is 60.7 Å². The summed E-state index contributed by atoms with van der Waals surface area (Å²) in [4.78, 5) is 16.3. The van der Waals surface area contributed by atoms with E-state index in [4.69, 9.17) is 5.26 Å². The standard InChI is InChI=1S/C16H11N3O/c17-10-11-19-14-9-5-4-8-13(14)15(18-16(19)20)12-6-2-1-3-7-12/h1-9H,11H2. The van der Waals surface area contributed by atoms with E-state index in [9.17, 15) is 4.79 Å². The van der Waals surface area contributed by atoms with Crippen molar-refractivity contribution >= 4 is 10.9 Å². The van der Waals surface area contributed by atoms with Crippen LogP contribution in [0.5, 0.6) is 0 Å². The molecule has 1 aromatic heterocycles. The minimum Gasteiger partial charge on any atom is -0.278 e. The molecule has 0 N–H and O–H groups in total. The van der Waals surface area contributed by atoms with Gasteiger partial charge in [-0.2, -0.15) is 10.2 Å². The molecule has 1 heterocycles. The Kier molecular flexibility index (Phi) is 3.02. The number of nitriles is 1. The zero-order valence-electron chi connectivity index (χ0n) is 10.7. The molecule has 96 valence electrons. The molecule has 0 radical (unpaired) electrons. The van der Waals surface area contributed by atoms with Gasteiger partial charge in [-0.3, -0.25) is 4.57 Å². The highest BCUT2D eigenvalue weighted by Crippen LogP contribution is 2.24. The van der Waals surface area contributed by atoms with Crippen molar-refractivity contribution in [3.8, 4) is 17.3 Å². The van der Waals surface area contributed by atoms with Crippen LogP contribution in [0.25, 0.3) is 22.2 Å². The van der Waals surface area contributed by atoms with Crippen LogP contribution in [0.2, 0.25) is 0 Å². The van der Waals surface area contributed by atoms with Crippen LogP contribution < -0.4 is 5.69 Å². The van der Waals surface area contributed by atoms with Crippen LogP contribution in [0.1, 0.15) is 0 Å². The molecule has 0 saturated carbocycles. The van der Waals surface area contributed by atoms with E-state index < -0.39 is 5.69 Å². The minimum atomic E-state index is -0.399. The second-order valence-electron chi connectivity index (χ2n) is 4.37. The maximum atomic E-state index is 12.1. The molecule has 2 aromatic carbocycles. The van der Waals surface area contributed by atoms with Gasteiger partial charge in [-0.05, 0) is 6.07 Å². The highest BCUT2D eigenvalue weighted by atomic mass is 16.1. The van der Waals surface area contributed by atoms with Crippen LogP contribution in [0.3, 0.4) is 0 Å². The van der Waals surface area contributed by atoms with Gasteiger partial charge in [-0.25, -0.2) is 4.79 Å². The second kappa shape index (κ2) is 4.98. The Hall–Kier alpha value is -2.93. The highest BCUT2D eigenvalue weighted by Gasteiger charge is 2.10. The smallest absolute Gasteiger partial charge is 0.278 e. The molecule has 4 heteroatoms. The molecule has 0 atom stereocenters. The van der Waals surface area contributed by atoms with Crippen molar-refractivity contribution < 1.29 is 0 Å². The van der Waals surface area contributed by atoms with Gasteiger partial charge in [0.1, 0.15) is 6.54 Å². The molecule has 4 nitrogen and oxygen atoms in total. The largest absolute Gasteiger partial charge is 0.349 e. The monoisotopic (exact) mass is 261 g/mol. The lowest BCUT2D eigenvalue weighted by Gasteiger charge is -2.10. The zero-order chi connectivity index (χ0) is 13.9. The van der Waals surface area contributed by atoms with Gasteiger partial charge in [0.05, 0.1) is 17.3 Å². The number of hydrogen-bond donors (Lipinski definition) is 0. The average Bonchev–Trinajstić information content (AvgIpc) is 2.51. The van der Waals surface area contributed by atoms with E-state index in [0.717, 1.165) is 16.5 Å². The third-order valence-corrected chi connectivity index (χ3v) is 3.16. The zero-order valence-corrected chi connectivity index (χ0v) is 10.7. The van der Waals surface area contributed by atoms with Crippen LogP contribution in [-0.4, -0.2) is 9.55 Å². The van der Waals surface area contributed by atoms with E-state index in [1.54, 1.807) is 0 Å². The first kappa shape index (κ1) is 12.1. The first-order valence-corrected chi connectivity index (χ1v) is 6.23. The summed E-state index contributed by atoms with van der Waals surface area (Å²) in [7, 11) is 0. The highest BCUT2D eigenvalue weighted by molar-refractivity contribution is 5.92. The van der Waals surface area contributed by atoms with Crippen LogP contribution in [0, 0.1) is 11.3 Å². The van der Waals surface area contributed by atoms with Crippen molar-refractivity contribution in [2.45, 2.75) is 6.54 Å². The number of rotatable bonds is 2. The van der Waals surface area contributed by atoms with Crippen molar-refractivity contribution in [1.29, 1.82) is 5.26 Å². The summed E-state index contributed by atoms with van der Waals surface area (Å²) in [6, 6.07) is 19.1. The van der Waals surface area contributed by atoms with Gasteiger partial charge >= 0.3 is 5.69 Å². The first-order valence-electron chi connectivity index (χ1n) is 6.23. The summed E-state index contributed by atoms with van der Waals surface area (Å²) in [6.07, 6.45) is 0. The SMILES string of the molecule is N#CCn1c(=O)nc(-c2ccccc2)c2ccccc21. The third kappa shape index (κ3) is 1.95. The lowest BCUT2D eigenvalue weighted by Crippen LogP contribution is -2.23. The lowest BCUT2D eigenvalue weighted by molar-refractivity contribution is 0.790. The average molecular weight is 261 g/mol. The minimum absolute atomic E-state index is 0.00141. The summed E-state index contributed by atoms with van der Waals surface area (Å²) in [5, 5.41) is 9.72.